The Kier molecular flexibility index (Phi) is 3.93. The number of anilines is 2. The second-order valence-corrected chi connectivity index (χ2v) is 4.47. The number of hydrogen-bond donors (Lipinski definition) is 2. The molecule has 0 bridgehead atoms. The van der Waals surface area contributed by atoms with E-state index < -0.39 is 0 Å². The van der Waals surface area contributed by atoms with E-state index in [4.69, 9.17) is 22.6 Å². The fourth-order valence-electron chi connectivity index (χ4n) is 1.81. The first-order valence-electron chi connectivity index (χ1n) is 5.90. The van der Waals surface area contributed by atoms with E-state index in [1.165, 1.54) is 0 Å². The Balaban J connectivity index is 2.33. The fourth-order valence-corrected chi connectivity index (χ4v) is 2.02. The van der Waals surface area contributed by atoms with Crippen molar-refractivity contribution in [3.05, 3.63) is 40.4 Å². The van der Waals surface area contributed by atoms with Crippen LogP contribution in [0.25, 0.3) is 0 Å². The van der Waals surface area contributed by atoms with Gasteiger partial charge in [-0.25, -0.2) is 4.68 Å². The van der Waals surface area contributed by atoms with E-state index in [1.807, 2.05) is 31.2 Å². The topological polar surface area (TPSA) is 79.7 Å². The van der Waals surface area contributed by atoms with Gasteiger partial charge in [-0.15, -0.1) is 0 Å². The van der Waals surface area contributed by atoms with Gasteiger partial charge in [-0.05, 0) is 24.6 Å². The predicted octanol–water partition coefficient (Wildman–Crippen LogP) is 2.47. The molecule has 0 aliphatic carbocycles. The van der Waals surface area contributed by atoms with Crippen LogP contribution in [0.15, 0.2) is 24.3 Å². The molecule has 0 radical (unpaired) electrons. The lowest BCUT2D eigenvalue weighted by molar-refractivity contribution is 0.699. The van der Waals surface area contributed by atoms with Gasteiger partial charge in [-0.2, -0.15) is 10.4 Å². The Bertz CT molecular complexity index is 626. The Morgan fingerprint density at radius 1 is 1.53 bits per heavy atom. The van der Waals surface area contributed by atoms with Crippen molar-refractivity contribution in [1.29, 1.82) is 5.26 Å². The zero-order valence-electron chi connectivity index (χ0n) is 10.5. The minimum atomic E-state index is 0.360. The second-order valence-electron chi connectivity index (χ2n) is 4.04. The maximum Gasteiger partial charge on any atom is 0.168 e. The van der Waals surface area contributed by atoms with Crippen molar-refractivity contribution in [2.75, 3.05) is 17.6 Å². The lowest BCUT2D eigenvalue weighted by atomic mass is 10.2. The van der Waals surface area contributed by atoms with E-state index >= 15 is 0 Å². The van der Waals surface area contributed by atoms with Crippen molar-refractivity contribution >= 4 is 23.2 Å². The highest BCUT2D eigenvalue weighted by Crippen LogP contribution is 2.22. The average Bonchev–Trinajstić information content (AvgIpc) is 2.66. The SMILES string of the molecule is CCNc1nn(Cc2cccc(Cl)c2)c(N)c1C#N. The number of nitriles is 1. The van der Waals surface area contributed by atoms with Crippen molar-refractivity contribution < 1.29 is 0 Å². The van der Waals surface area contributed by atoms with E-state index in [0.29, 0.717) is 35.3 Å². The number of nitrogens with zero attached hydrogens (tertiary/aromatic N) is 3. The molecule has 2 aromatic rings. The normalized spacial score (nSPS) is 10.2. The van der Waals surface area contributed by atoms with Crippen LogP contribution in [0.2, 0.25) is 5.02 Å². The van der Waals surface area contributed by atoms with Crippen LogP contribution in [0.5, 0.6) is 0 Å². The van der Waals surface area contributed by atoms with Gasteiger partial charge in [0.1, 0.15) is 17.5 Å². The van der Waals surface area contributed by atoms with Gasteiger partial charge in [-0.1, -0.05) is 23.7 Å². The van der Waals surface area contributed by atoms with Crippen LogP contribution in [0.4, 0.5) is 11.6 Å². The number of hydrogen-bond acceptors (Lipinski definition) is 4. The molecule has 0 amide bonds. The molecule has 3 N–H and O–H groups in total. The fraction of sp³-hybridized carbons (Fsp3) is 0.231. The standard InChI is InChI=1S/C13H14ClN5/c1-2-17-13-11(7-15)12(16)19(18-13)8-9-4-3-5-10(14)6-9/h3-6H,2,8,16H2,1H3,(H,17,18). The third-order valence-electron chi connectivity index (χ3n) is 2.67. The molecule has 19 heavy (non-hydrogen) atoms. The lowest BCUT2D eigenvalue weighted by Crippen LogP contribution is -2.06. The molecular weight excluding hydrogens is 262 g/mol. The summed E-state index contributed by atoms with van der Waals surface area (Å²) < 4.78 is 1.60. The highest BCUT2D eigenvalue weighted by atomic mass is 35.5. The van der Waals surface area contributed by atoms with E-state index in [9.17, 15) is 0 Å². The van der Waals surface area contributed by atoms with Crippen LogP contribution >= 0.6 is 11.6 Å². The molecule has 1 aromatic heterocycles. The second kappa shape index (κ2) is 5.63. The monoisotopic (exact) mass is 275 g/mol. The Hall–Kier alpha value is -2.19. The molecule has 0 aliphatic heterocycles. The van der Waals surface area contributed by atoms with Gasteiger partial charge in [0, 0.05) is 11.6 Å². The molecule has 0 spiro atoms. The molecular formula is C13H14ClN5. The maximum atomic E-state index is 9.10. The molecule has 0 aliphatic rings. The molecule has 0 atom stereocenters. The summed E-state index contributed by atoms with van der Waals surface area (Å²) in [5, 5.41) is 17.1. The van der Waals surface area contributed by atoms with E-state index in [-0.39, 0.29) is 0 Å². The van der Waals surface area contributed by atoms with Crippen LogP contribution < -0.4 is 11.1 Å². The van der Waals surface area contributed by atoms with Crippen LogP contribution in [-0.4, -0.2) is 16.3 Å². The average molecular weight is 276 g/mol. The first kappa shape index (κ1) is 13.2. The Labute approximate surface area is 116 Å². The molecule has 6 heteroatoms. The van der Waals surface area contributed by atoms with Crippen molar-refractivity contribution in [2.24, 2.45) is 0 Å². The number of halogens is 1. The number of nitrogen functional groups attached to an aromatic ring is 1. The largest absolute Gasteiger partial charge is 0.383 e. The minimum Gasteiger partial charge on any atom is -0.383 e. The first-order chi connectivity index (χ1) is 9.15. The zero-order valence-corrected chi connectivity index (χ0v) is 11.3. The predicted molar refractivity (Wildman–Crippen MR) is 76.1 cm³/mol. The molecule has 5 nitrogen and oxygen atoms in total. The summed E-state index contributed by atoms with van der Waals surface area (Å²) in [6.45, 7) is 3.10. The van der Waals surface area contributed by atoms with Crippen molar-refractivity contribution in [1.82, 2.24) is 9.78 Å². The number of aromatic nitrogens is 2. The number of benzene rings is 1. The molecule has 1 heterocycles. The summed E-state index contributed by atoms with van der Waals surface area (Å²) in [6, 6.07) is 9.53. The van der Waals surface area contributed by atoms with Crippen LogP contribution in [-0.2, 0) is 6.54 Å². The molecule has 0 saturated carbocycles. The molecule has 0 fully saturated rings. The van der Waals surface area contributed by atoms with Gasteiger partial charge in [0.25, 0.3) is 0 Å². The first-order valence-corrected chi connectivity index (χ1v) is 6.28. The van der Waals surface area contributed by atoms with Gasteiger partial charge in [0.05, 0.1) is 6.54 Å². The smallest absolute Gasteiger partial charge is 0.168 e. The maximum absolute atomic E-state index is 9.10. The third-order valence-corrected chi connectivity index (χ3v) is 2.90. The summed E-state index contributed by atoms with van der Waals surface area (Å²) in [7, 11) is 0. The van der Waals surface area contributed by atoms with Crippen molar-refractivity contribution in [2.45, 2.75) is 13.5 Å². The van der Waals surface area contributed by atoms with Gasteiger partial charge >= 0.3 is 0 Å². The van der Waals surface area contributed by atoms with Crippen molar-refractivity contribution in [3.8, 4) is 6.07 Å². The van der Waals surface area contributed by atoms with Crippen molar-refractivity contribution in [3.63, 3.8) is 0 Å². The lowest BCUT2D eigenvalue weighted by Gasteiger charge is -2.04. The summed E-state index contributed by atoms with van der Waals surface area (Å²) in [4.78, 5) is 0. The van der Waals surface area contributed by atoms with Crippen LogP contribution in [0.3, 0.4) is 0 Å². The van der Waals surface area contributed by atoms with Gasteiger partial charge in [0.2, 0.25) is 0 Å². The molecule has 0 saturated heterocycles. The minimum absolute atomic E-state index is 0.360. The van der Waals surface area contributed by atoms with Gasteiger partial charge in [0.15, 0.2) is 5.82 Å². The quantitative estimate of drug-likeness (QED) is 0.898. The van der Waals surface area contributed by atoms with E-state index in [2.05, 4.69) is 16.5 Å². The highest BCUT2D eigenvalue weighted by molar-refractivity contribution is 6.30. The zero-order chi connectivity index (χ0) is 13.8. The molecule has 2 rings (SSSR count). The number of nitrogens with two attached hydrogens (primary N) is 1. The summed E-state index contributed by atoms with van der Waals surface area (Å²) in [5.74, 6) is 0.878. The Morgan fingerprint density at radius 3 is 2.95 bits per heavy atom. The van der Waals surface area contributed by atoms with Crippen LogP contribution in [0, 0.1) is 11.3 Å². The highest BCUT2D eigenvalue weighted by Gasteiger charge is 2.14. The van der Waals surface area contributed by atoms with Gasteiger partial charge in [-0.3, -0.25) is 0 Å². The summed E-state index contributed by atoms with van der Waals surface area (Å²) >= 11 is 5.94. The summed E-state index contributed by atoms with van der Waals surface area (Å²) in [6.07, 6.45) is 0. The van der Waals surface area contributed by atoms with Crippen LogP contribution in [0.1, 0.15) is 18.1 Å². The molecule has 98 valence electrons. The third kappa shape index (κ3) is 2.80. The number of nitrogens with one attached hydrogen (secondary N) is 1. The van der Waals surface area contributed by atoms with E-state index in [0.717, 1.165) is 5.56 Å². The van der Waals surface area contributed by atoms with Gasteiger partial charge < -0.3 is 11.1 Å². The Morgan fingerprint density at radius 2 is 2.32 bits per heavy atom. The molecule has 1 aromatic carbocycles. The summed E-state index contributed by atoms with van der Waals surface area (Å²) in [5.41, 5.74) is 7.30. The molecule has 0 unspecified atom stereocenters. The number of rotatable bonds is 4. The van der Waals surface area contributed by atoms with E-state index in [1.54, 1.807) is 4.68 Å².